The molecule has 0 heterocycles. The predicted molar refractivity (Wildman–Crippen MR) is 80.0 cm³/mol. The van der Waals surface area contributed by atoms with Crippen LogP contribution in [-0.4, -0.2) is 18.5 Å². The summed E-state index contributed by atoms with van der Waals surface area (Å²) in [7, 11) is 0. The van der Waals surface area contributed by atoms with Gasteiger partial charge in [0.05, 0.1) is 6.04 Å². The molecule has 3 nitrogen and oxygen atoms in total. The van der Waals surface area contributed by atoms with E-state index in [1.807, 2.05) is 19.1 Å². The van der Waals surface area contributed by atoms with Crippen molar-refractivity contribution in [3.05, 3.63) is 35.4 Å². The van der Waals surface area contributed by atoms with Crippen LogP contribution in [0.15, 0.2) is 24.3 Å². The normalized spacial score (nSPS) is 12.2. The van der Waals surface area contributed by atoms with Crippen molar-refractivity contribution in [1.82, 2.24) is 10.6 Å². The molecule has 1 unspecified atom stereocenters. The van der Waals surface area contributed by atoms with Gasteiger partial charge in [-0.05, 0) is 31.4 Å². The van der Waals surface area contributed by atoms with Gasteiger partial charge in [0.25, 0.3) is 0 Å². The summed E-state index contributed by atoms with van der Waals surface area (Å²) in [6, 6.07) is 8.09. The van der Waals surface area contributed by atoms with Crippen molar-refractivity contribution in [2.75, 3.05) is 6.54 Å². The molecule has 3 heteroatoms. The summed E-state index contributed by atoms with van der Waals surface area (Å²) in [5, 5.41) is 6.24. The van der Waals surface area contributed by atoms with E-state index in [9.17, 15) is 4.79 Å². The van der Waals surface area contributed by atoms with Crippen molar-refractivity contribution in [2.24, 2.45) is 0 Å². The zero-order valence-electron chi connectivity index (χ0n) is 12.3. The minimum absolute atomic E-state index is 0.0877. The molecule has 1 atom stereocenters. The number of amides is 1. The maximum atomic E-state index is 11.8. The molecule has 19 heavy (non-hydrogen) atoms. The fraction of sp³-hybridized carbons (Fsp3) is 0.562. The first-order chi connectivity index (χ1) is 9.15. The van der Waals surface area contributed by atoms with Crippen LogP contribution in [0.1, 0.15) is 44.2 Å². The fourth-order valence-electron chi connectivity index (χ4n) is 1.90. The second-order valence-corrected chi connectivity index (χ2v) is 5.03. The molecule has 0 saturated carbocycles. The second-order valence-electron chi connectivity index (χ2n) is 5.03. The van der Waals surface area contributed by atoms with Gasteiger partial charge in [-0.2, -0.15) is 0 Å². The fourth-order valence-corrected chi connectivity index (χ4v) is 1.90. The smallest absolute Gasteiger partial charge is 0.236 e. The Kier molecular flexibility index (Phi) is 7.19. The van der Waals surface area contributed by atoms with Crippen LogP contribution in [0.2, 0.25) is 0 Å². The summed E-state index contributed by atoms with van der Waals surface area (Å²) in [5.74, 6) is 0.0877. The topological polar surface area (TPSA) is 41.1 Å². The Hall–Kier alpha value is -1.35. The van der Waals surface area contributed by atoms with Crippen molar-refractivity contribution in [3.8, 4) is 0 Å². The van der Waals surface area contributed by atoms with Crippen LogP contribution in [0.5, 0.6) is 0 Å². The molecule has 0 fully saturated rings. The largest absolute Gasteiger partial charge is 0.355 e. The van der Waals surface area contributed by atoms with E-state index in [-0.39, 0.29) is 11.9 Å². The Morgan fingerprint density at radius 3 is 2.68 bits per heavy atom. The average Bonchev–Trinajstić information content (AvgIpc) is 2.42. The number of unbranched alkanes of at least 4 members (excludes halogenated alkanes) is 2. The molecule has 106 valence electrons. The first-order valence-corrected chi connectivity index (χ1v) is 7.20. The van der Waals surface area contributed by atoms with Gasteiger partial charge in [0.15, 0.2) is 0 Å². The molecule has 1 rings (SSSR count). The molecule has 0 radical (unpaired) electrons. The molecule has 1 amide bonds. The van der Waals surface area contributed by atoms with Gasteiger partial charge in [-0.25, -0.2) is 0 Å². The molecule has 2 N–H and O–H groups in total. The van der Waals surface area contributed by atoms with Crippen molar-refractivity contribution in [2.45, 2.75) is 52.6 Å². The van der Waals surface area contributed by atoms with Crippen LogP contribution >= 0.6 is 0 Å². The number of carbonyl (C=O) groups excluding carboxylic acids is 1. The highest BCUT2D eigenvalue weighted by atomic mass is 16.2. The van der Waals surface area contributed by atoms with Gasteiger partial charge in [0.1, 0.15) is 0 Å². The highest BCUT2D eigenvalue weighted by molar-refractivity contribution is 5.81. The molecule has 0 saturated heterocycles. The third-order valence-corrected chi connectivity index (χ3v) is 3.33. The summed E-state index contributed by atoms with van der Waals surface area (Å²) in [4.78, 5) is 11.8. The van der Waals surface area contributed by atoms with E-state index in [1.54, 1.807) is 0 Å². The lowest BCUT2D eigenvalue weighted by molar-refractivity contribution is -0.122. The average molecular weight is 262 g/mol. The summed E-state index contributed by atoms with van der Waals surface area (Å²) >= 11 is 0. The van der Waals surface area contributed by atoms with Crippen LogP contribution in [0, 0.1) is 6.92 Å². The van der Waals surface area contributed by atoms with Crippen LogP contribution < -0.4 is 10.6 Å². The van der Waals surface area contributed by atoms with Crippen LogP contribution in [-0.2, 0) is 11.3 Å². The van der Waals surface area contributed by atoms with Gasteiger partial charge >= 0.3 is 0 Å². The van der Waals surface area contributed by atoms with Crippen molar-refractivity contribution in [1.29, 1.82) is 0 Å². The highest BCUT2D eigenvalue weighted by Gasteiger charge is 2.11. The van der Waals surface area contributed by atoms with Crippen molar-refractivity contribution < 1.29 is 4.79 Å². The van der Waals surface area contributed by atoms with Crippen molar-refractivity contribution in [3.63, 3.8) is 0 Å². The first-order valence-electron chi connectivity index (χ1n) is 7.20. The Bertz CT molecular complexity index is 390. The zero-order chi connectivity index (χ0) is 14.1. The number of hydrogen-bond donors (Lipinski definition) is 2. The lowest BCUT2D eigenvalue weighted by Gasteiger charge is -2.15. The molecule has 0 aliphatic rings. The number of carbonyl (C=O) groups is 1. The molecule has 0 spiro atoms. The van der Waals surface area contributed by atoms with E-state index in [2.05, 4.69) is 36.6 Å². The van der Waals surface area contributed by atoms with E-state index in [1.165, 1.54) is 24.0 Å². The number of nitrogens with one attached hydrogen (secondary N) is 2. The van der Waals surface area contributed by atoms with Gasteiger partial charge in [0, 0.05) is 13.1 Å². The molecule has 1 aromatic rings. The van der Waals surface area contributed by atoms with Gasteiger partial charge in [-0.1, -0.05) is 44.0 Å². The SMILES string of the molecule is CCCCCNC(=O)C(C)NCc1ccccc1C. The molecule has 0 aliphatic heterocycles. The van der Waals surface area contributed by atoms with E-state index in [0.29, 0.717) is 0 Å². The minimum atomic E-state index is -0.152. The lowest BCUT2D eigenvalue weighted by Crippen LogP contribution is -2.42. The molecular formula is C16H26N2O. The molecule has 0 aromatic heterocycles. The number of hydrogen-bond acceptors (Lipinski definition) is 2. The maximum Gasteiger partial charge on any atom is 0.236 e. The Morgan fingerprint density at radius 2 is 2.00 bits per heavy atom. The quantitative estimate of drug-likeness (QED) is 0.707. The maximum absolute atomic E-state index is 11.8. The predicted octanol–water partition coefficient (Wildman–Crippen LogP) is 2.78. The molecular weight excluding hydrogens is 236 g/mol. The van der Waals surface area contributed by atoms with E-state index in [0.717, 1.165) is 19.5 Å². The van der Waals surface area contributed by atoms with Gasteiger partial charge in [-0.15, -0.1) is 0 Å². The Balaban J connectivity index is 2.28. The van der Waals surface area contributed by atoms with E-state index < -0.39 is 0 Å². The standard InChI is InChI=1S/C16H26N2O/c1-4-5-8-11-17-16(19)14(3)18-12-15-10-7-6-9-13(15)2/h6-7,9-10,14,18H,4-5,8,11-12H2,1-3H3,(H,17,19). The summed E-state index contributed by atoms with van der Waals surface area (Å²) in [6.07, 6.45) is 3.41. The zero-order valence-corrected chi connectivity index (χ0v) is 12.3. The van der Waals surface area contributed by atoms with Crippen LogP contribution in [0.3, 0.4) is 0 Å². The van der Waals surface area contributed by atoms with E-state index >= 15 is 0 Å². The van der Waals surface area contributed by atoms with E-state index in [4.69, 9.17) is 0 Å². The number of aryl methyl sites for hydroxylation is 1. The Labute approximate surface area is 116 Å². The summed E-state index contributed by atoms with van der Waals surface area (Å²) in [5.41, 5.74) is 2.50. The number of rotatable bonds is 8. The second kappa shape index (κ2) is 8.70. The van der Waals surface area contributed by atoms with Crippen molar-refractivity contribution >= 4 is 5.91 Å². The van der Waals surface area contributed by atoms with Gasteiger partial charge in [0.2, 0.25) is 5.91 Å². The van der Waals surface area contributed by atoms with Gasteiger partial charge < -0.3 is 10.6 Å². The Morgan fingerprint density at radius 1 is 1.26 bits per heavy atom. The first kappa shape index (κ1) is 15.7. The third kappa shape index (κ3) is 5.88. The van der Waals surface area contributed by atoms with Crippen LogP contribution in [0.4, 0.5) is 0 Å². The monoisotopic (exact) mass is 262 g/mol. The summed E-state index contributed by atoms with van der Waals surface area (Å²) in [6.45, 7) is 7.67. The van der Waals surface area contributed by atoms with Gasteiger partial charge in [-0.3, -0.25) is 4.79 Å². The van der Waals surface area contributed by atoms with Crippen LogP contribution in [0.25, 0.3) is 0 Å². The minimum Gasteiger partial charge on any atom is -0.355 e. The number of benzene rings is 1. The third-order valence-electron chi connectivity index (χ3n) is 3.33. The highest BCUT2D eigenvalue weighted by Crippen LogP contribution is 2.06. The molecule has 1 aromatic carbocycles. The summed E-state index contributed by atoms with van der Waals surface area (Å²) < 4.78 is 0. The molecule has 0 bridgehead atoms. The lowest BCUT2D eigenvalue weighted by atomic mass is 10.1. The molecule has 0 aliphatic carbocycles.